The van der Waals surface area contributed by atoms with Crippen molar-refractivity contribution in [3.63, 3.8) is 0 Å². The Morgan fingerprint density at radius 1 is 1.33 bits per heavy atom. The van der Waals surface area contributed by atoms with Crippen molar-refractivity contribution in [2.75, 3.05) is 18.6 Å². The van der Waals surface area contributed by atoms with Crippen LogP contribution in [-0.2, 0) is 0 Å². The van der Waals surface area contributed by atoms with Crippen LogP contribution in [0, 0.1) is 12.8 Å². The number of rotatable bonds is 2. The second kappa shape index (κ2) is 5.19. The second-order valence-corrected chi connectivity index (χ2v) is 5.40. The van der Waals surface area contributed by atoms with Gasteiger partial charge in [-0.2, -0.15) is 0 Å². The average Bonchev–Trinajstić information content (AvgIpc) is 2.36. The Hall–Kier alpha value is -1.22. The fourth-order valence-electron chi connectivity index (χ4n) is 2.80. The number of nitrogens with two attached hydrogens (primary N) is 1. The number of nitrogens with zero attached hydrogens (tertiary/aromatic N) is 1. The van der Waals surface area contributed by atoms with Gasteiger partial charge in [0, 0.05) is 24.3 Å². The van der Waals surface area contributed by atoms with Gasteiger partial charge in [-0.1, -0.05) is 6.92 Å². The third-order valence-electron chi connectivity index (χ3n) is 4.34. The van der Waals surface area contributed by atoms with Crippen LogP contribution in [0.3, 0.4) is 0 Å². The molecule has 1 aromatic carbocycles. The summed E-state index contributed by atoms with van der Waals surface area (Å²) in [7, 11) is 1.71. The van der Waals surface area contributed by atoms with E-state index in [1.165, 1.54) is 11.3 Å². The molecular formula is C15H24N2O. The summed E-state index contributed by atoms with van der Waals surface area (Å²) in [6.45, 7) is 7.64. The lowest BCUT2D eigenvalue weighted by molar-refractivity contribution is 0.315. The smallest absolute Gasteiger partial charge is 0.121 e. The van der Waals surface area contributed by atoms with Gasteiger partial charge in [0.25, 0.3) is 0 Å². The molecule has 1 saturated heterocycles. The number of benzene rings is 1. The first-order valence-electron chi connectivity index (χ1n) is 6.71. The fourth-order valence-corrected chi connectivity index (χ4v) is 2.80. The standard InChI is InChI=1S/C15H24N2O/c1-10-9-13(5-6-15(10)18-4)17-8-7-14(16)11(2)12(17)3/h5-6,9,11-12,14H,7-8,16H2,1-4H3. The van der Waals surface area contributed by atoms with E-state index in [9.17, 15) is 0 Å². The lowest BCUT2D eigenvalue weighted by Crippen LogP contribution is -2.51. The van der Waals surface area contributed by atoms with Crippen molar-refractivity contribution < 1.29 is 4.74 Å². The van der Waals surface area contributed by atoms with Crippen LogP contribution in [0.2, 0.25) is 0 Å². The molecule has 0 aliphatic carbocycles. The minimum Gasteiger partial charge on any atom is -0.496 e. The summed E-state index contributed by atoms with van der Waals surface area (Å²) in [6, 6.07) is 7.22. The van der Waals surface area contributed by atoms with Crippen LogP contribution in [0.1, 0.15) is 25.8 Å². The number of aryl methyl sites for hydroxylation is 1. The van der Waals surface area contributed by atoms with Gasteiger partial charge in [0.1, 0.15) is 5.75 Å². The van der Waals surface area contributed by atoms with Crippen molar-refractivity contribution in [1.29, 1.82) is 0 Å². The molecule has 0 amide bonds. The zero-order chi connectivity index (χ0) is 13.3. The normalized spacial score (nSPS) is 28.3. The molecule has 1 aromatic rings. The molecule has 100 valence electrons. The van der Waals surface area contributed by atoms with Crippen molar-refractivity contribution in [1.82, 2.24) is 0 Å². The fraction of sp³-hybridized carbons (Fsp3) is 0.600. The third-order valence-corrected chi connectivity index (χ3v) is 4.34. The van der Waals surface area contributed by atoms with E-state index in [2.05, 4.69) is 43.9 Å². The summed E-state index contributed by atoms with van der Waals surface area (Å²) in [4.78, 5) is 2.46. The summed E-state index contributed by atoms with van der Waals surface area (Å²) >= 11 is 0. The Morgan fingerprint density at radius 3 is 2.67 bits per heavy atom. The van der Waals surface area contributed by atoms with Crippen molar-refractivity contribution in [2.24, 2.45) is 11.7 Å². The van der Waals surface area contributed by atoms with Crippen molar-refractivity contribution >= 4 is 5.69 Å². The molecule has 1 heterocycles. The first kappa shape index (κ1) is 13.2. The van der Waals surface area contributed by atoms with Gasteiger partial charge in [0.05, 0.1) is 7.11 Å². The van der Waals surface area contributed by atoms with Crippen LogP contribution in [0.4, 0.5) is 5.69 Å². The quantitative estimate of drug-likeness (QED) is 0.874. The molecule has 18 heavy (non-hydrogen) atoms. The predicted octanol–water partition coefficient (Wildman–Crippen LogP) is 2.57. The lowest BCUT2D eigenvalue weighted by Gasteiger charge is -2.43. The highest BCUT2D eigenvalue weighted by Gasteiger charge is 2.30. The van der Waals surface area contributed by atoms with Gasteiger partial charge in [-0.05, 0) is 49.9 Å². The first-order chi connectivity index (χ1) is 8.54. The number of hydrogen-bond donors (Lipinski definition) is 1. The van der Waals surface area contributed by atoms with Gasteiger partial charge in [-0.3, -0.25) is 0 Å². The van der Waals surface area contributed by atoms with Gasteiger partial charge in [0.15, 0.2) is 0 Å². The molecule has 3 atom stereocenters. The molecule has 1 aliphatic heterocycles. The number of methoxy groups -OCH3 is 1. The SMILES string of the molecule is COc1ccc(N2CCC(N)C(C)C2C)cc1C. The van der Waals surface area contributed by atoms with Crippen LogP contribution in [0.25, 0.3) is 0 Å². The molecular weight excluding hydrogens is 224 g/mol. The largest absolute Gasteiger partial charge is 0.496 e. The maximum atomic E-state index is 6.14. The van der Waals surface area contributed by atoms with E-state index < -0.39 is 0 Å². The third kappa shape index (κ3) is 2.32. The van der Waals surface area contributed by atoms with Gasteiger partial charge in [0.2, 0.25) is 0 Å². The minimum atomic E-state index is 0.329. The highest BCUT2D eigenvalue weighted by molar-refractivity contribution is 5.54. The molecule has 2 N–H and O–H groups in total. The maximum Gasteiger partial charge on any atom is 0.121 e. The highest BCUT2D eigenvalue weighted by Crippen LogP contribution is 2.30. The van der Waals surface area contributed by atoms with E-state index in [-0.39, 0.29) is 0 Å². The van der Waals surface area contributed by atoms with E-state index in [1.54, 1.807) is 7.11 Å². The predicted molar refractivity (Wildman–Crippen MR) is 76.3 cm³/mol. The number of hydrogen-bond acceptors (Lipinski definition) is 3. The molecule has 3 unspecified atom stereocenters. The Balaban J connectivity index is 2.23. The number of ether oxygens (including phenoxy) is 1. The highest BCUT2D eigenvalue weighted by atomic mass is 16.5. The van der Waals surface area contributed by atoms with Gasteiger partial charge < -0.3 is 15.4 Å². The molecule has 0 radical (unpaired) electrons. The zero-order valence-corrected chi connectivity index (χ0v) is 11.8. The van der Waals surface area contributed by atoms with Gasteiger partial charge >= 0.3 is 0 Å². The molecule has 0 saturated carbocycles. The van der Waals surface area contributed by atoms with Crippen molar-refractivity contribution in [3.05, 3.63) is 23.8 Å². The first-order valence-corrected chi connectivity index (χ1v) is 6.71. The molecule has 2 rings (SSSR count). The lowest BCUT2D eigenvalue weighted by atomic mass is 9.87. The number of piperidine rings is 1. The molecule has 3 nitrogen and oxygen atoms in total. The molecule has 0 bridgehead atoms. The van der Waals surface area contributed by atoms with Crippen molar-refractivity contribution in [3.8, 4) is 5.75 Å². The summed E-state index contributed by atoms with van der Waals surface area (Å²) in [5.74, 6) is 1.48. The Labute approximate surface area is 110 Å². The van der Waals surface area contributed by atoms with Crippen LogP contribution in [0.5, 0.6) is 5.75 Å². The van der Waals surface area contributed by atoms with E-state index in [4.69, 9.17) is 10.5 Å². The Bertz CT molecular complexity index is 419. The van der Waals surface area contributed by atoms with E-state index in [0.717, 1.165) is 18.7 Å². The van der Waals surface area contributed by atoms with Crippen LogP contribution in [-0.4, -0.2) is 25.7 Å². The molecule has 1 aliphatic rings. The molecule has 0 spiro atoms. The zero-order valence-electron chi connectivity index (χ0n) is 11.8. The molecule has 3 heteroatoms. The van der Waals surface area contributed by atoms with Gasteiger partial charge in [-0.15, -0.1) is 0 Å². The monoisotopic (exact) mass is 248 g/mol. The van der Waals surface area contributed by atoms with E-state index >= 15 is 0 Å². The summed E-state index contributed by atoms with van der Waals surface area (Å²) < 4.78 is 5.31. The number of anilines is 1. The Morgan fingerprint density at radius 2 is 2.06 bits per heavy atom. The topological polar surface area (TPSA) is 38.5 Å². The summed E-state index contributed by atoms with van der Waals surface area (Å²) in [6.07, 6.45) is 1.07. The molecule has 0 aromatic heterocycles. The van der Waals surface area contributed by atoms with E-state index in [1.807, 2.05) is 0 Å². The van der Waals surface area contributed by atoms with E-state index in [0.29, 0.717) is 18.0 Å². The minimum absolute atomic E-state index is 0.329. The summed E-state index contributed by atoms with van der Waals surface area (Å²) in [5, 5.41) is 0. The Kier molecular flexibility index (Phi) is 3.81. The average molecular weight is 248 g/mol. The van der Waals surface area contributed by atoms with Crippen LogP contribution < -0.4 is 15.4 Å². The maximum absolute atomic E-state index is 6.14. The summed E-state index contributed by atoms with van der Waals surface area (Å²) in [5.41, 5.74) is 8.60. The van der Waals surface area contributed by atoms with Crippen LogP contribution >= 0.6 is 0 Å². The van der Waals surface area contributed by atoms with Crippen LogP contribution in [0.15, 0.2) is 18.2 Å². The molecule has 1 fully saturated rings. The van der Waals surface area contributed by atoms with Crippen molar-refractivity contribution in [2.45, 2.75) is 39.3 Å². The second-order valence-electron chi connectivity index (χ2n) is 5.40. The van der Waals surface area contributed by atoms with Gasteiger partial charge in [-0.25, -0.2) is 0 Å².